The van der Waals surface area contributed by atoms with Crippen LogP contribution in [-0.2, 0) is 19.1 Å². The molecule has 1 aromatic rings. The average Bonchev–Trinajstić information content (AvgIpc) is 2.66. The lowest BCUT2D eigenvalue weighted by Gasteiger charge is -2.37. The molecule has 0 N–H and O–H groups in total. The molecule has 29 heavy (non-hydrogen) atoms. The second-order valence-electron chi connectivity index (χ2n) is 7.53. The highest BCUT2D eigenvalue weighted by Crippen LogP contribution is 2.37. The second kappa shape index (κ2) is 8.42. The fraction of sp³-hybridized carbons (Fsp3) is 0.450. The SMILES string of the molecule is CCOC(=O)N1c2ccc([N+](=O)[O-])cc2C=CC1C(C(=O)OC)C(=O)C(C)(C)C. The molecular formula is C20H24N2O7. The number of non-ortho nitro benzene ring substituents is 1. The van der Waals surface area contributed by atoms with Crippen molar-refractivity contribution in [3.05, 3.63) is 40.0 Å². The molecule has 156 valence electrons. The van der Waals surface area contributed by atoms with Crippen molar-refractivity contribution in [1.82, 2.24) is 0 Å². The third-order valence-corrected chi connectivity index (χ3v) is 4.54. The van der Waals surface area contributed by atoms with Crippen molar-refractivity contribution in [3.63, 3.8) is 0 Å². The summed E-state index contributed by atoms with van der Waals surface area (Å²) in [5, 5.41) is 11.1. The van der Waals surface area contributed by atoms with Gasteiger partial charge in [-0.05, 0) is 13.0 Å². The van der Waals surface area contributed by atoms with Crippen molar-refractivity contribution in [2.45, 2.75) is 33.7 Å². The van der Waals surface area contributed by atoms with Gasteiger partial charge in [-0.25, -0.2) is 4.79 Å². The molecule has 2 unspecified atom stereocenters. The molecule has 9 nitrogen and oxygen atoms in total. The van der Waals surface area contributed by atoms with Crippen LogP contribution in [0, 0.1) is 21.4 Å². The average molecular weight is 404 g/mol. The van der Waals surface area contributed by atoms with Crippen LogP contribution in [0.25, 0.3) is 6.08 Å². The standard InChI is InChI=1S/C20H24N2O7/c1-6-29-19(25)21-14-10-8-13(22(26)27)11-12(14)7-9-15(21)16(18(24)28-5)17(23)20(2,3)4/h7-11,15-16H,6H2,1-5H3. The molecule has 1 aromatic carbocycles. The van der Waals surface area contributed by atoms with Crippen LogP contribution in [0.4, 0.5) is 16.2 Å². The Hall–Kier alpha value is -3.23. The number of Topliss-reactive ketones (excluding diaryl/α,β-unsaturated/α-hetero) is 1. The maximum absolute atomic E-state index is 13.0. The number of nitrogens with zero attached hydrogens (tertiary/aromatic N) is 2. The van der Waals surface area contributed by atoms with E-state index in [0.29, 0.717) is 11.3 Å². The lowest BCUT2D eigenvalue weighted by Crippen LogP contribution is -2.52. The number of ether oxygens (including phenoxy) is 2. The van der Waals surface area contributed by atoms with Crippen LogP contribution in [0.15, 0.2) is 24.3 Å². The first-order chi connectivity index (χ1) is 13.5. The monoisotopic (exact) mass is 404 g/mol. The Morgan fingerprint density at radius 3 is 2.45 bits per heavy atom. The maximum Gasteiger partial charge on any atom is 0.414 e. The Kier molecular flexibility index (Phi) is 6.41. The molecule has 2 rings (SSSR count). The van der Waals surface area contributed by atoms with Crippen LogP contribution >= 0.6 is 0 Å². The summed E-state index contributed by atoms with van der Waals surface area (Å²) in [6.45, 7) is 6.71. The summed E-state index contributed by atoms with van der Waals surface area (Å²) in [5.74, 6) is -2.47. The van der Waals surface area contributed by atoms with Crippen LogP contribution in [0.1, 0.15) is 33.3 Å². The van der Waals surface area contributed by atoms with Gasteiger partial charge in [0.25, 0.3) is 5.69 Å². The molecule has 9 heteroatoms. The van der Waals surface area contributed by atoms with Crippen molar-refractivity contribution >= 4 is 35.3 Å². The van der Waals surface area contributed by atoms with Gasteiger partial charge < -0.3 is 9.47 Å². The van der Waals surface area contributed by atoms with Crippen LogP contribution < -0.4 is 4.90 Å². The Morgan fingerprint density at radius 2 is 1.93 bits per heavy atom. The third-order valence-electron chi connectivity index (χ3n) is 4.54. The number of fused-ring (bicyclic) bond motifs is 1. The summed E-state index contributed by atoms with van der Waals surface area (Å²) >= 11 is 0. The molecule has 0 fully saturated rings. The molecule has 0 saturated heterocycles. The highest BCUT2D eigenvalue weighted by atomic mass is 16.6. The number of carbonyl (C=O) groups excluding carboxylic acids is 3. The van der Waals surface area contributed by atoms with Gasteiger partial charge >= 0.3 is 12.1 Å². The lowest BCUT2D eigenvalue weighted by atomic mass is 9.78. The van der Waals surface area contributed by atoms with Crippen molar-refractivity contribution < 1.29 is 28.8 Å². The van der Waals surface area contributed by atoms with Gasteiger partial charge in [0, 0.05) is 23.1 Å². The Labute approximate surface area is 168 Å². The molecule has 0 radical (unpaired) electrons. The minimum Gasteiger partial charge on any atom is -0.468 e. The Morgan fingerprint density at radius 1 is 1.28 bits per heavy atom. The molecule has 1 heterocycles. The normalized spacial score (nSPS) is 16.6. The number of esters is 1. The van der Waals surface area contributed by atoms with Crippen LogP contribution in [0.3, 0.4) is 0 Å². The van der Waals surface area contributed by atoms with E-state index >= 15 is 0 Å². The van der Waals surface area contributed by atoms with E-state index in [1.54, 1.807) is 33.8 Å². The fourth-order valence-electron chi connectivity index (χ4n) is 3.13. The number of anilines is 1. The van der Waals surface area contributed by atoms with Crippen LogP contribution in [0.5, 0.6) is 0 Å². The molecular weight excluding hydrogens is 380 g/mol. The Balaban J connectivity index is 2.63. The molecule has 1 aliphatic heterocycles. The minimum absolute atomic E-state index is 0.0736. The maximum atomic E-state index is 13.0. The number of hydrogen-bond donors (Lipinski definition) is 0. The van der Waals surface area contributed by atoms with Gasteiger partial charge in [-0.3, -0.25) is 24.6 Å². The zero-order chi connectivity index (χ0) is 21.9. The first-order valence-electron chi connectivity index (χ1n) is 9.07. The summed E-state index contributed by atoms with van der Waals surface area (Å²) in [7, 11) is 1.17. The van der Waals surface area contributed by atoms with Gasteiger partial charge in [-0.2, -0.15) is 0 Å². The van der Waals surface area contributed by atoms with E-state index in [4.69, 9.17) is 9.47 Å². The highest BCUT2D eigenvalue weighted by Gasteiger charge is 2.46. The lowest BCUT2D eigenvalue weighted by molar-refractivity contribution is -0.384. The van der Waals surface area contributed by atoms with Gasteiger partial charge in [0.15, 0.2) is 5.78 Å². The predicted octanol–water partition coefficient (Wildman–Crippen LogP) is 3.36. The molecule has 0 spiro atoms. The van der Waals surface area contributed by atoms with Gasteiger partial charge in [0.1, 0.15) is 5.92 Å². The van der Waals surface area contributed by atoms with Gasteiger partial charge in [-0.15, -0.1) is 0 Å². The third kappa shape index (κ3) is 4.44. The van der Waals surface area contributed by atoms with E-state index in [1.807, 2.05) is 0 Å². The van der Waals surface area contributed by atoms with E-state index < -0.39 is 40.1 Å². The Bertz CT molecular complexity index is 870. The van der Waals surface area contributed by atoms with E-state index in [0.717, 1.165) is 0 Å². The first kappa shape index (κ1) is 22.1. The zero-order valence-electron chi connectivity index (χ0n) is 17.0. The zero-order valence-corrected chi connectivity index (χ0v) is 17.0. The van der Waals surface area contributed by atoms with Crippen molar-refractivity contribution in [2.24, 2.45) is 11.3 Å². The molecule has 0 bridgehead atoms. The van der Waals surface area contributed by atoms with Crippen molar-refractivity contribution in [2.75, 3.05) is 18.6 Å². The van der Waals surface area contributed by atoms with E-state index in [2.05, 4.69) is 0 Å². The largest absolute Gasteiger partial charge is 0.468 e. The summed E-state index contributed by atoms with van der Waals surface area (Å²) < 4.78 is 9.98. The smallest absolute Gasteiger partial charge is 0.414 e. The topological polar surface area (TPSA) is 116 Å². The van der Waals surface area contributed by atoms with Crippen LogP contribution in [0.2, 0.25) is 0 Å². The number of ketones is 1. The van der Waals surface area contributed by atoms with Crippen LogP contribution in [-0.4, -0.2) is 42.5 Å². The molecule has 0 saturated carbocycles. The van der Waals surface area contributed by atoms with Gasteiger partial charge in [0.2, 0.25) is 0 Å². The number of carbonyl (C=O) groups is 3. The van der Waals surface area contributed by atoms with E-state index in [1.165, 1.54) is 36.3 Å². The number of hydrogen-bond acceptors (Lipinski definition) is 7. The molecule has 1 aliphatic rings. The number of nitro benzene ring substituents is 1. The van der Waals surface area contributed by atoms with Gasteiger partial charge in [0.05, 0.1) is 30.4 Å². The first-order valence-corrected chi connectivity index (χ1v) is 9.07. The summed E-state index contributed by atoms with van der Waals surface area (Å²) in [6, 6.07) is 2.96. The number of rotatable bonds is 5. The summed E-state index contributed by atoms with van der Waals surface area (Å²) in [6.07, 6.45) is 2.27. The number of nitro groups is 1. The van der Waals surface area contributed by atoms with Gasteiger partial charge in [-0.1, -0.05) is 32.9 Å². The summed E-state index contributed by atoms with van der Waals surface area (Å²) in [5.41, 5.74) is -0.318. The molecule has 1 amide bonds. The predicted molar refractivity (Wildman–Crippen MR) is 105 cm³/mol. The van der Waals surface area contributed by atoms with Crippen molar-refractivity contribution in [1.29, 1.82) is 0 Å². The molecule has 0 aromatic heterocycles. The number of amides is 1. The second-order valence-corrected chi connectivity index (χ2v) is 7.53. The molecule has 2 atom stereocenters. The van der Waals surface area contributed by atoms with E-state index in [9.17, 15) is 24.5 Å². The molecule has 0 aliphatic carbocycles. The minimum atomic E-state index is -1.29. The highest BCUT2D eigenvalue weighted by molar-refractivity contribution is 6.05. The fourth-order valence-corrected chi connectivity index (χ4v) is 3.13. The number of benzene rings is 1. The quantitative estimate of drug-likeness (QED) is 0.320. The number of methoxy groups -OCH3 is 1. The van der Waals surface area contributed by atoms with Crippen molar-refractivity contribution in [3.8, 4) is 0 Å². The van der Waals surface area contributed by atoms with E-state index in [-0.39, 0.29) is 12.3 Å². The summed E-state index contributed by atoms with van der Waals surface area (Å²) in [4.78, 5) is 50.0.